The van der Waals surface area contributed by atoms with Gasteiger partial charge in [-0.2, -0.15) is 0 Å². The molecule has 19 rings (SSSR count). The molecular weight excluding hydrogens is 1890 g/mol. The zero-order valence-corrected chi connectivity index (χ0v) is 79.6. The molecule has 6 atom stereocenters. The van der Waals surface area contributed by atoms with Crippen LogP contribution in [0.5, 0.6) is 0 Å². The van der Waals surface area contributed by atoms with Crippen LogP contribution >= 0.6 is 21.6 Å². The molecule has 0 spiro atoms. The number of nitrogens with one attached hydrogen (secondary N) is 8. The maximum atomic E-state index is 14.6. The maximum Gasteiger partial charge on any atom is 0.305 e. The molecule has 7 aromatic heterocycles. The summed E-state index contributed by atoms with van der Waals surface area (Å²) in [7, 11) is 3.60. The normalized spacial score (nSPS) is 17.0. The van der Waals surface area contributed by atoms with Crippen molar-refractivity contribution in [1.82, 2.24) is 82.0 Å². The number of hydrogen-bond acceptors (Lipinski definition) is 21. The van der Waals surface area contributed by atoms with Crippen LogP contribution in [0.4, 0.5) is 0 Å². The van der Waals surface area contributed by atoms with E-state index in [1.807, 2.05) is 104 Å². The SMILES string of the molecule is CN.NCCCCC1NC(=O)C(NC(=O)CCNC(=O)c2ccc(-c3nc4c5cccnc5c5ncccc5c4[nH]3)cc2)CSSCC(C(N)=O)NC(=O)C2CCCN2C(=O)C(CC2=CCc3ccccc32)NC(=O)C(CC(=O)O)NC(=O)CNC1=O.[Ru].c1ccc(-c2ccnc3c2ccc2c(-c4ccccc4)ccnc23)cc1.c1ccc(-c2ccnc3c2ccc2c(-c4ccccc4)ccnc23)cc1. The number of hydrogen-bond donors (Lipinski definition) is 12. The summed E-state index contributed by atoms with van der Waals surface area (Å²) in [6.45, 7) is -0.559. The Balaban J connectivity index is 0.000000214. The summed E-state index contributed by atoms with van der Waals surface area (Å²) < 4.78 is 0. The molecule has 15 N–H and O–H groups in total. The van der Waals surface area contributed by atoms with Gasteiger partial charge in [0.25, 0.3) is 5.91 Å². The average molecular weight is 1990 g/mol. The number of aromatic amines is 1. The number of H-pyrrole nitrogens is 1. The van der Waals surface area contributed by atoms with Crippen molar-refractivity contribution in [2.75, 3.05) is 44.7 Å². The molecule has 710 valence electrons. The summed E-state index contributed by atoms with van der Waals surface area (Å²) >= 11 is 0. The number of aliphatic carboxylic acids is 1. The number of carbonyl (C=O) groups is 10. The molecule has 6 unspecified atom stereocenters. The number of pyridine rings is 6. The van der Waals surface area contributed by atoms with Crippen molar-refractivity contribution in [3.8, 4) is 55.9 Å². The van der Waals surface area contributed by atoms with Gasteiger partial charge in [0, 0.05) is 138 Å². The molecule has 33 heteroatoms. The molecule has 2 aliphatic heterocycles. The van der Waals surface area contributed by atoms with Crippen LogP contribution in [0.2, 0.25) is 0 Å². The van der Waals surface area contributed by atoms with E-state index < -0.39 is 108 Å². The Kier molecular flexibility index (Phi) is 33.3. The summed E-state index contributed by atoms with van der Waals surface area (Å²) in [5, 5.41) is 34.2. The molecule has 2 fully saturated rings. The number of amides is 9. The number of unbranched alkanes of at least 4 members (excludes halogenated alkanes) is 1. The number of fused-ring (bicyclic) bond motifs is 14. The fourth-order valence-corrected chi connectivity index (χ4v) is 20.0. The predicted octanol–water partition coefficient (Wildman–Crippen LogP) is 13.3. The molecule has 16 aromatic rings. The van der Waals surface area contributed by atoms with E-state index in [4.69, 9.17) is 16.5 Å². The predicted molar refractivity (Wildman–Crippen MR) is 544 cm³/mol. The molecule has 1 aliphatic carbocycles. The van der Waals surface area contributed by atoms with Gasteiger partial charge in [0.1, 0.15) is 42.1 Å². The van der Waals surface area contributed by atoms with Crippen LogP contribution < -0.4 is 54.4 Å². The van der Waals surface area contributed by atoms with Crippen LogP contribution in [0.15, 0.2) is 286 Å². The van der Waals surface area contributed by atoms with Crippen molar-refractivity contribution in [2.45, 2.75) is 94.0 Å². The van der Waals surface area contributed by atoms with E-state index in [0.717, 1.165) is 115 Å². The topological polar surface area (TPSA) is 462 Å². The van der Waals surface area contributed by atoms with E-state index in [1.54, 1.807) is 36.7 Å². The van der Waals surface area contributed by atoms with E-state index in [2.05, 4.69) is 223 Å². The van der Waals surface area contributed by atoms with Gasteiger partial charge < -0.3 is 69.4 Å². The van der Waals surface area contributed by atoms with Gasteiger partial charge in [0.2, 0.25) is 47.3 Å². The van der Waals surface area contributed by atoms with Gasteiger partial charge in [-0.1, -0.05) is 210 Å². The standard InChI is InChI=1S/C58H64N14O11S2.2C24H16N2.CH5N.Ru/c59-21-4-3-12-38-54(79)64-28-45(74)65-39(27-46(75)76)55(80)68-40(26-34-19-14-31-8-1-2-9-35(31)34)58(83)72-25-7-13-43(72)57(82)69-41(51(60)77)29-84-85-30-42(56(81)67-38)66-44(73)20-24-63-53(78)33-17-15-32(16-18-33)52-70-49-36-10-5-22-61-47(36)48-37(50(49)71-52)11-6-23-62-48;2*1-3-7-17(8-4-1)19-13-15-25-23-21(19)11-12-22-20(14-16-26-24(22)23)18-9-5-2-6-10-18;1-2;/h1-2,5-6,8-11,15-19,22-23,38-43H,3-4,7,12-14,20-21,24-30,59H2,(H2,60,77)(H,63,78)(H,64,79)(H,65,74)(H,66,73)(H,67,81)(H,68,80)(H,69,82)(H,70,71)(H,75,76);2*1-16H;2H2,1H3;. The fraction of sp³-hybridized carbons (Fsp3) is 0.206. The molecule has 0 saturated carbocycles. The molecule has 3 aliphatic rings. The zero-order chi connectivity index (χ0) is 96.8. The fourth-order valence-electron chi connectivity index (χ4n) is 17.6. The molecule has 9 aromatic carbocycles. The first-order chi connectivity index (χ1) is 67.9. The van der Waals surface area contributed by atoms with Crippen LogP contribution in [0.1, 0.15) is 72.9 Å². The second kappa shape index (κ2) is 47.1. The number of carboxylic acid groups (broad SMARTS) is 1. The number of benzene rings is 9. The summed E-state index contributed by atoms with van der Waals surface area (Å²) in [6.07, 6.45) is 13.5. The van der Waals surface area contributed by atoms with Crippen molar-refractivity contribution < 1.29 is 72.5 Å². The second-order valence-corrected chi connectivity index (χ2v) is 35.8. The van der Waals surface area contributed by atoms with Gasteiger partial charge >= 0.3 is 5.97 Å². The Morgan fingerprint density at radius 1 is 0.486 bits per heavy atom. The Bertz CT molecular complexity index is 6830. The monoisotopic (exact) mass is 1990 g/mol. The van der Waals surface area contributed by atoms with E-state index in [1.165, 1.54) is 56.5 Å². The van der Waals surface area contributed by atoms with Gasteiger partial charge in [-0.25, -0.2) is 4.98 Å². The zero-order valence-electron chi connectivity index (χ0n) is 76.2. The van der Waals surface area contributed by atoms with E-state index in [0.29, 0.717) is 42.6 Å². The molecule has 0 radical (unpaired) electrons. The van der Waals surface area contributed by atoms with Crippen molar-refractivity contribution in [3.05, 3.63) is 303 Å². The van der Waals surface area contributed by atoms with Crippen LogP contribution in [0.3, 0.4) is 0 Å². The number of allylic oxidation sites excluding steroid dienone is 1. The van der Waals surface area contributed by atoms with Gasteiger partial charge in [-0.3, -0.25) is 77.8 Å². The molecule has 30 nitrogen and oxygen atoms in total. The average Bonchev–Trinajstić information content (AvgIpc) is 1.37. The Hall–Kier alpha value is -15.4. The molecule has 9 heterocycles. The molecular formula is C107H101N19O11RuS2. The minimum absolute atomic E-state index is 0. The summed E-state index contributed by atoms with van der Waals surface area (Å²) in [4.78, 5) is 174. The molecule has 0 bridgehead atoms. The van der Waals surface area contributed by atoms with Crippen molar-refractivity contribution in [3.63, 3.8) is 0 Å². The third-order valence-electron chi connectivity index (χ3n) is 24.4. The largest absolute Gasteiger partial charge is 0.481 e. The van der Waals surface area contributed by atoms with Crippen molar-refractivity contribution in [1.29, 1.82) is 0 Å². The molecule has 9 amide bonds. The van der Waals surface area contributed by atoms with E-state index >= 15 is 0 Å². The first kappa shape index (κ1) is 99.1. The molecule has 140 heavy (non-hydrogen) atoms. The summed E-state index contributed by atoms with van der Waals surface area (Å²) in [5.74, 6) is -8.20. The first-order valence-corrected chi connectivity index (χ1v) is 48.2. The summed E-state index contributed by atoms with van der Waals surface area (Å²) in [6, 6.07) is 72.4. The van der Waals surface area contributed by atoms with Gasteiger partial charge in [-0.05, 0) is 174 Å². The number of nitrogens with two attached hydrogens (primary N) is 3. The van der Waals surface area contributed by atoms with E-state index in [9.17, 15) is 53.1 Å². The van der Waals surface area contributed by atoms with Crippen molar-refractivity contribution in [2.24, 2.45) is 17.2 Å². The minimum atomic E-state index is -1.74. The Morgan fingerprint density at radius 2 is 0.986 bits per heavy atom. The molecule has 2 saturated heterocycles. The second-order valence-electron chi connectivity index (χ2n) is 33.3. The number of carboxylic acids is 1. The quantitative estimate of drug-likeness (QED) is 0.0155. The minimum Gasteiger partial charge on any atom is -0.481 e. The van der Waals surface area contributed by atoms with Gasteiger partial charge in [0.05, 0.1) is 57.1 Å². The number of rotatable bonds is 19. The van der Waals surface area contributed by atoms with Gasteiger partial charge in [0.15, 0.2) is 0 Å². The number of carbonyl (C=O) groups excluding carboxylic acids is 9. The van der Waals surface area contributed by atoms with Crippen LogP contribution in [-0.2, 0) is 69.0 Å². The smallest absolute Gasteiger partial charge is 0.305 e. The van der Waals surface area contributed by atoms with E-state index in [-0.39, 0.29) is 76.3 Å². The number of primary amides is 1. The third kappa shape index (κ3) is 23.2. The Morgan fingerprint density at radius 3 is 1.52 bits per heavy atom. The van der Waals surface area contributed by atoms with Crippen LogP contribution in [0.25, 0.3) is 138 Å². The first-order valence-electron chi connectivity index (χ1n) is 45.7. The number of aromatic nitrogens is 8. The Labute approximate surface area is 826 Å². The van der Waals surface area contributed by atoms with Crippen LogP contribution in [-0.4, -0.2) is 190 Å². The van der Waals surface area contributed by atoms with Crippen LogP contribution in [0, 0.1) is 0 Å². The third-order valence-corrected chi connectivity index (χ3v) is 26.8. The number of imidazole rings is 1. The van der Waals surface area contributed by atoms with Crippen molar-refractivity contribution >= 4 is 163 Å². The maximum absolute atomic E-state index is 14.6. The number of nitrogens with zero attached hydrogens (tertiary/aromatic N) is 8. The summed E-state index contributed by atoms with van der Waals surface area (Å²) in [5.41, 5.74) is 35.8. The van der Waals surface area contributed by atoms with Gasteiger partial charge in [-0.15, -0.1) is 0 Å².